The van der Waals surface area contributed by atoms with E-state index >= 15 is 0 Å². The van der Waals surface area contributed by atoms with E-state index in [4.69, 9.17) is 16.3 Å². The van der Waals surface area contributed by atoms with Gasteiger partial charge in [-0.3, -0.25) is 9.48 Å². The van der Waals surface area contributed by atoms with Crippen LogP contribution in [0.3, 0.4) is 0 Å². The normalized spacial score (nSPS) is 10.6. The van der Waals surface area contributed by atoms with E-state index in [1.54, 1.807) is 12.1 Å². The highest BCUT2D eigenvalue weighted by Crippen LogP contribution is 2.22. The predicted octanol–water partition coefficient (Wildman–Crippen LogP) is 4.01. The summed E-state index contributed by atoms with van der Waals surface area (Å²) >= 11 is 6.03. The van der Waals surface area contributed by atoms with Crippen molar-refractivity contribution in [2.45, 2.75) is 20.4 Å². The Morgan fingerprint density at radius 3 is 2.56 bits per heavy atom. The summed E-state index contributed by atoms with van der Waals surface area (Å²) in [5.41, 5.74) is 3.83. The largest absolute Gasteiger partial charge is 0.490 e. The monoisotopic (exact) mass is 383 g/mol. The first-order valence-electron chi connectivity index (χ1n) is 8.78. The van der Waals surface area contributed by atoms with Crippen LogP contribution in [0.2, 0.25) is 5.02 Å². The Labute approximate surface area is 163 Å². The number of ether oxygens (including phenoxy) is 1. The van der Waals surface area contributed by atoms with Crippen LogP contribution in [0.25, 0.3) is 0 Å². The number of amides is 1. The van der Waals surface area contributed by atoms with Crippen LogP contribution in [-0.2, 0) is 6.54 Å². The van der Waals surface area contributed by atoms with Gasteiger partial charge < -0.3 is 10.1 Å². The van der Waals surface area contributed by atoms with Gasteiger partial charge >= 0.3 is 0 Å². The topological polar surface area (TPSA) is 56.2 Å². The molecule has 0 fully saturated rings. The molecule has 0 aliphatic heterocycles. The Morgan fingerprint density at radius 2 is 1.89 bits per heavy atom. The second-order valence-electron chi connectivity index (χ2n) is 6.32. The minimum absolute atomic E-state index is 0.129. The van der Waals surface area contributed by atoms with Crippen LogP contribution < -0.4 is 10.1 Å². The SMILES string of the molecule is Cc1cc(C)n(Cc2ccc(C(=O)NCCOc3ccccc3Cl)cc2)n1. The maximum atomic E-state index is 12.2. The number of aryl methyl sites for hydroxylation is 2. The van der Waals surface area contributed by atoms with Crippen LogP contribution >= 0.6 is 11.6 Å². The van der Waals surface area contributed by atoms with Gasteiger partial charge in [-0.05, 0) is 49.7 Å². The van der Waals surface area contributed by atoms with Gasteiger partial charge in [0.15, 0.2) is 0 Å². The van der Waals surface area contributed by atoms with Gasteiger partial charge in [-0.25, -0.2) is 0 Å². The number of rotatable bonds is 7. The maximum Gasteiger partial charge on any atom is 0.251 e. The molecule has 0 atom stereocenters. The van der Waals surface area contributed by atoms with Crippen molar-refractivity contribution in [1.82, 2.24) is 15.1 Å². The van der Waals surface area contributed by atoms with Crippen molar-refractivity contribution in [2.24, 2.45) is 0 Å². The summed E-state index contributed by atoms with van der Waals surface area (Å²) in [6, 6.07) is 16.9. The van der Waals surface area contributed by atoms with Crippen molar-refractivity contribution < 1.29 is 9.53 Å². The Kier molecular flexibility index (Phi) is 6.14. The molecule has 0 saturated carbocycles. The van der Waals surface area contributed by atoms with Crippen LogP contribution in [0.1, 0.15) is 27.3 Å². The lowest BCUT2D eigenvalue weighted by Gasteiger charge is -2.09. The zero-order valence-electron chi connectivity index (χ0n) is 15.4. The van der Waals surface area contributed by atoms with E-state index in [-0.39, 0.29) is 5.91 Å². The van der Waals surface area contributed by atoms with Crippen molar-refractivity contribution in [3.63, 3.8) is 0 Å². The molecule has 2 aromatic carbocycles. The molecule has 140 valence electrons. The maximum absolute atomic E-state index is 12.2. The summed E-state index contributed by atoms with van der Waals surface area (Å²) in [6.07, 6.45) is 0. The molecule has 1 heterocycles. The highest BCUT2D eigenvalue weighted by atomic mass is 35.5. The van der Waals surface area contributed by atoms with E-state index in [9.17, 15) is 4.79 Å². The van der Waals surface area contributed by atoms with Gasteiger partial charge in [0.1, 0.15) is 12.4 Å². The molecule has 3 aromatic rings. The van der Waals surface area contributed by atoms with E-state index in [1.807, 2.05) is 61.0 Å². The Bertz CT molecular complexity index is 919. The second-order valence-corrected chi connectivity index (χ2v) is 6.72. The van der Waals surface area contributed by atoms with Gasteiger partial charge in [-0.2, -0.15) is 5.10 Å². The zero-order valence-corrected chi connectivity index (χ0v) is 16.2. The smallest absolute Gasteiger partial charge is 0.251 e. The van der Waals surface area contributed by atoms with Crippen LogP contribution in [-0.4, -0.2) is 28.8 Å². The van der Waals surface area contributed by atoms with Gasteiger partial charge in [0.25, 0.3) is 5.91 Å². The highest BCUT2D eigenvalue weighted by molar-refractivity contribution is 6.32. The molecule has 0 aliphatic carbocycles. The highest BCUT2D eigenvalue weighted by Gasteiger charge is 2.07. The molecule has 6 heteroatoms. The Morgan fingerprint density at radius 1 is 1.15 bits per heavy atom. The molecule has 0 unspecified atom stereocenters. The molecule has 5 nitrogen and oxygen atoms in total. The first-order chi connectivity index (χ1) is 13.0. The summed E-state index contributed by atoms with van der Waals surface area (Å²) in [7, 11) is 0. The molecule has 1 N–H and O–H groups in total. The van der Waals surface area contributed by atoms with Crippen LogP contribution in [0, 0.1) is 13.8 Å². The minimum atomic E-state index is -0.129. The van der Waals surface area contributed by atoms with E-state index < -0.39 is 0 Å². The van der Waals surface area contributed by atoms with Crippen LogP contribution in [0.5, 0.6) is 5.75 Å². The van der Waals surface area contributed by atoms with Crippen LogP contribution in [0.15, 0.2) is 54.6 Å². The van der Waals surface area contributed by atoms with E-state index in [0.29, 0.717) is 36.0 Å². The molecule has 1 amide bonds. The van der Waals surface area contributed by atoms with Gasteiger partial charge in [-0.1, -0.05) is 35.9 Å². The third-order valence-corrected chi connectivity index (χ3v) is 4.45. The number of hydrogen-bond donors (Lipinski definition) is 1. The number of nitrogens with zero attached hydrogens (tertiary/aromatic N) is 2. The molecular weight excluding hydrogens is 362 g/mol. The Balaban J connectivity index is 1.49. The zero-order chi connectivity index (χ0) is 19.2. The number of carbonyl (C=O) groups excluding carboxylic acids is 1. The van der Waals surface area contributed by atoms with Crippen molar-refractivity contribution >= 4 is 17.5 Å². The lowest BCUT2D eigenvalue weighted by atomic mass is 10.1. The molecule has 0 bridgehead atoms. The quantitative estimate of drug-likeness (QED) is 0.627. The summed E-state index contributed by atoms with van der Waals surface area (Å²) in [6.45, 7) is 5.45. The van der Waals surface area contributed by atoms with E-state index in [1.165, 1.54) is 0 Å². The molecular formula is C21H22ClN3O2. The third-order valence-electron chi connectivity index (χ3n) is 4.13. The lowest BCUT2D eigenvalue weighted by molar-refractivity contribution is 0.0947. The molecule has 0 spiro atoms. The van der Waals surface area contributed by atoms with Crippen molar-refractivity contribution in [3.05, 3.63) is 82.1 Å². The average molecular weight is 384 g/mol. The number of para-hydroxylation sites is 1. The fourth-order valence-corrected chi connectivity index (χ4v) is 2.95. The third kappa shape index (κ3) is 5.11. The fraction of sp³-hybridized carbons (Fsp3) is 0.238. The first kappa shape index (κ1) is 19.0. The molecule has 0 saturated heterocycles. The fourth-order valence-electron chi connectivity index (χ4n) is 2.76. The minimum Gasteiger partial charge on any atom is -0.490 e. The van der Waals surface area contributed by atoms with Crippen LogP contribution in [0.4, 0.5) is 0 Å². The molecule has 3 rings (SSSR count). The van der Waals surface area contributed by atoms with Crippen molar-refractivity contribution in [1.29, 1.82) is 0 Å². The molecule has 1 aromatic heterocycles. The predicted molar refractivity (Wildman–Crippen MR) is 107 cm³/mol. The van der Waals surface area contributed by atoms with Crippen molar-refractivity contribution in [3.8, 4) is 5.75 Å². The number of hydrogen-bond acceptors (Lipinski definition) is 3. The second kappa shape index (κ2) is 8.73. The summed E-state index contributed by atoms with van der Waals surface area (Å²) in [5, 5.41) is 7.86. The summed E-state index contributed by atoms with van der Waals surface area (Å²) < 4.78 is 7.52. The number of aromatic nitrogens is 2. The molecule has 0 radical (unpaired) electrons. The van der Waals surface area contributed by atoms with Gasteiger partial charge in [-0.15, -0.1) is 0 Å². The number of halogens is 1. The number of carbonyl (C=O) groups is 1. The van der Waals surface area contributed by atoms with Gasteiger partial charge in [0.05, 0.1) is 23.8 Å². The van der Waals surface area contributed by atoms with E-state index in [0.717, 1.165) is 17.0 Å². The summed E-state index contributed by atoms with van der Waals surface area (Å²) in [5.74, 6) is 0.484. The molecule has 27 heavy (non-hydrogen) atoms. The number of nitrogens with one attached hydrogen (secondary N) is 1. The van der Waals surface area contributed by atoms with Crippen molar-refractivity contribution in [2.75, 3.05) is 13.2 Å². The Hall–Kier alpha value is -2.79. The summed E-state index contributed by atoms with van der Waals surface area (Å²) in [4.78, 5) is 12.2. The molecule has 0 aliphatic rings. The average Bonchev–Trinajstić information content (AvgIpc) is 2.97. The van der Waals surface area contributed by atoms with Gasteiger partial charge in [0.2, 0.25) is 0 Å². The lowest BCUT2D eigenvalue weighted by Crippen LogP contribution is -2.28. The standard InChI is InChI=1S/C21H22ClN3O2/c1-15-13-16(2)25(24-15)14-17-7-9-18(10-8-17)21(26)23-11-12-27-20-6-4-3-5-19(20)22/h3-10,13H,11-12,14H2,1-2H3,(H,23,26). The number of benzene rings is 2. The first-order valence-corrected chi connectivity index (χ1v) is 9.16. The van der Waals surface area contributed by atoms with E-state index in [2.05, 4.69) is 10.4 Å². The van der Waals surface area contributed by atoms with Gasteiger partial charge in [0, 0.05) is 11.3 Å².